The number of aromatic nitrogens is 1. The molecule has 82 valence electrons. The lowest BCUT2D eigenvalue weighted by Crippen LogP contribution is -2.03. The molecule has 1 atom stereocenters. The Kier molecular flexibility index (Phi) is 2.80. The normalized spacial score (nSPS) is 18.9. The molecular formula is C12H17NO2. The van der Waals surface area contributed by atoms with Crippen LogP contribution in [0.25, 0.3) is 0 Å². The largest absolute Gasteiger partial charge is 0.464 e. The molecule has 1 N–H and O–H groups in total. The summed E-state index contributed by atoms with van der Waals surface area (Å²) in [5.74, 6) is 0.350. The molecule has 2 rings (SSSR count). The topological polar surface area (TPSA) is 42.1 Å². The maximum absolute atomic E-state index is 11.3. The molecule has 3 heteroatoms. The van der Waals surface area contributed by atoms with Gasteiger partial charge in [0.05, 0.1) is 7.11 Å². The number of aromatic amines is 1. The summed E-state index contributed by atoms with van der Waals surface area (Å²) < 4.78 is 4.70. The second-order valence-corrected chi connectivity index (χ2v) is 4.14. The van der Waals surface area contributed by atoms with E-state index in [-0.39, 0.29) is 5.97 Å². The zero-order valence-corrected chi connectivity index (χ0v) is 9.30. The van der Waals surface area contributed by atoms with Crippen molar-refractivity contribution in [1.82, 2.24) is 4.98 Å². The van der Waals surface area contributed by atoms with Gasteiger partial charge in [0.15, 0.2) is 0 Å². The van der Waals surface area contributed by atoms with Crippen LogP contribution in [0.1, 0.15) is 53.8 Å². The Bertz CT molecular complexity index is 368. The Morgan fingerprint density at radius 1 is 1.67 bits per heavy atom. The average molecular weight is 207 g/mol. The van der Waals surface area contributed by atoms with Gasteiger partial charge in [0.2, 0.25) is 0 Å². The number of esters is 1. The van der Waals surface area contributed by atoms with Gasteiger partial charge in [-0.2, -0.15) is 0 Å². The summed E-state index contributed by atoms with van der Waals surface area (Å²) in [5, 5.41) is 0. The maximum Gasteiger partial charge on any atom is 0.354 e. The molecule has 0 radical (unpaired) electrons. The molecule has 3 nitrogen and oxygen atoms in total. The first-order chi connectivity index (χ1) is 7.26. The van der Waals surface area contributed by atoms with Gasteiger partial charge in [-0.25, -0.2) is 4.79 Å². The van der Waals surface area contributed by atoms with Gasteiger partial charge in [-0.15, -0.1) is 0 Å². The van der Waals surface area contributed by atoms with E-state index in [1.165, 1.54) is 37.6 Å². The van der Waals surface area contributed by atoms with Crippen LogP contribution in [0.2, 0.25) is 0 Å². The number of nitrogens with one attached hydrogen (secondary N) is 1. The van der Waals surface area contributed by atoms with Crippen molar-refractivity contribution in [3.8, 4) is 0 Å². The Balaban J connectivity index is 2.22. The number of aryl methyl sites for hydroxylation is 1. The molecule has 15 heavy (non-hydrogen) atoms. The second kappa shape index (κ2) is 4.09. The molecule has 1 unspecified atom stereocenters. The summed E-state index contributed by atoms with van der Waals surface area (Å²) >= 11 is 0. The van der Waals surface area contributed by atoms with Crippen molar-refractivity contribution >= 4 is 5.97 Å². The molecule has 0 fully saturated rings. The smallest absolute Gasteiger partial charge is 0.354 e. The zero-order valence-electron chi connectivity index (χ0n) is 9.30. The van der Waals surface area contributed by atoms with Crippen molar-refractivity contribution < 1.29 is 9.53 Å². The average Bonchev–Trinajstić information content (AvgIpc) is 2.79. The van der Waals surface area contributed by atoms with E-state index in [1.54, 1.807) is 0 Å². The van der Waals surface area contributed by atoms with Crippen molar-refractivity contribution in [2.45, 2.75) is 38.5 Å². The van der Waals surface area contributed by atoms with Crippen LogP contribution in [0, 0.1) is 0 Å². The van der Waals surface area contributed by atoms with Crippen LogP contribution < -0.4 is 0 Å². The van der Waals surface area contributed by atoms with Crippen LogP contribution in [0.4, 0.5) is 0 Å². The number of hydrogen-bond acceptors (Lipinski definition) is 2. The highest BCUT2D eigenvalue weighted by Gasteiger charge is 2.25. The fraction of sp³-hybridized carbons (Fsp3) is 0.583. The summed E-state index contributed by atoms with van der Waals surface area (Å²) in [4.78, 5) is 14.5. The van der Waals surface area contributed by atoms with Gasteiger partial charge in [-0.05, 0) is 36.8 Å². The van der Waals surface area contributed by atoms with E-state index in [2.05, 4.69) is 11.9 Å². The third-order valence-electron chi connectivity index (χ3n) is 3.15. The number of methoxy groups -OCH3 is 1. The molecule has 0 amide bonds. The summed E-state index contributed by atoms with van der Waals surface area (Å²) in [6.45, 7) is 2.20. The van der Waals surface area contributed by atoms with E-state index < -0.39 is 0 Å². The molecule has 1 aromatic heterocycles. The SMILES string of the molecule is CCCC1CCc2cc(C(=O)OC)[nH]c21. The summed E-state index contributed by atoms with van der Waals surface area (Å²) in [7, 11) is 1.41. The quantitative estimate of drug-likeness (QED) is 0.774. The first kappa shape index (κ1) is 10.3. The van der Waals surface area contributed by atoms with Crippen LogP contribution in [0.3, 0.4) is 0 Å². The lowest BCUT2D eigenvalue weighted by Gasteiger charge is -2.07. The van der Waals surface area contributed by atoms with Crippen LogP contribution in [-0.4, -0.2) is 18.1 Å². The lowest BCUT2D eigenvalue weighted by atomic mass is 10.0. The van der Waals surface area contributed by atoms with Gasteiger partial charge in [-0.1, -0.05) is 13.3 Å². The lowest BCUT2D eigenvalue weighted by molar-refractivity contribution is 0.0594. The van der Waals surface area contributed by atoms with Crippen molar-refractivity contribution in [3.63, 3.8) is 0 Å². The number of fused-ring (bicyclic) bond motifs is 1. The van der Waals surface area contributed by atoms with Crippen LogP contribution in [0.5, 0.6) is 0 Å². The highest BCUT2D eigenvalue weighted by molar-refractivity contribution is 5.87. The minimum atomic E-state index is -0.264. The van der Waals surface area contributed by atoms with E-state index in [9.17, 15) is 4.79 Å². The van der Waals surface area contributed by atoms with Gasteiger partial charge >= 0.3 is 5.97 Å². The molecule has 0 aliphatic heterocycles. The molecule has 0 spiro atoms. The standard InChI is InChI=1S/C12H17NO2/c1-3-4-8-5-6-9-7-10(12(14)15-2)13-11(8)9/h7-8,13H,3-6H2,1-2H3. The van der Waals surface area contributed by atoms with Crippen LogP contribution >= 0.6 is 0 Å². The van der Waals surface area contributed by atoms with Gasteiger partial charge in [-0.3, -0.25) is 0 Å². The summed E-state index contributed by atoms with van der Waals surface area (Å²) in [6, 6.07) is 1.94. The zero-order chi connectivity index (χ0) is 10.8. The maximum atomic E-state index is 11.3. The minimum Gasteiger partial charge on any atom is -0.464 e. The Morgan fingerprint density at radius 3 is 3.13 bits per heavy atom. The molecule has 0 saturated heterocycles. The van der Waals surface area contributed by atoms with Crippen molar-refractivity contribution in [1.29, 1.82) is 0 Å². The van der Waals surface area contributed by atoms with Crippen molar-refractivity contribution in [2.24, 2.45) is 0 Å². The van der Waals surface area contributed by atoms with Crippen LogP contribution in [0.15, 0.2) is 6.07 Å². The van der Waals surface area contributed by atoms with Gasteiger partial charge in [0.25, 0.3) is 0 Å². The van der Waals surface area contributed by atoms with E-state index in [4.69, 9.17) is 4.74 Å². The van der Waals surface area contributed by atoms with Crippen molar-refractivity contribution in [2.75, 3.05) is 7.11 Å². The number of H-pyrrole nitrogens is 1. The van der Waals surface area contributed by atoms with E-state index >= 15 is 0 Å². The molecule has 1 aromatic rings. The second-order valence-electron chi connectivity index (χ2n) is 4.14. The first-order valence-corrected chi connectivity index (χ1v) is 5.56. The van der Waals surface area contributed by atoms with Gasteiger partial charge < -0.3 is 9.72 Å². The minimum absolute atomic E-state index is 0.264. The highest BCUT2D eigenvalue weighted by atomic mass is 16.5. The number of ether oxygens (including phenoxy) is 1. The highest BCUT2D eigenvalue weighted by Crippen LogP contribution is 2.36. The monoisotopic (exact) mass is 207 g/mol. The fourth-order valence-corrected chi connectivity index (χ4v) is 2.42. The molecule has 1 aliphatic rings. The number of carbonyl (C=O) groups excluding carboxylic acids is 1. The summed E-state index contributed by atoms with van der Waals surface area (Å²) in [5.41, 5.74) is 3.16. The predicted octanol–water partition coefficient (Wildman–Crippen LogP) is 2.63. The molecule has 0 aromatic carbocycles. The van der Waals surface area contributed by atoms with E-state index in [0.717, 1.165) is 6.42 Å². The van der Waals surface area contributed by atoms with E-state index in [1.807, 2.05) is 6.07 Å². The Labute approximate surface area is 89.8 Å². The molecule has 0 bridgehead atoms. The number of carbonyl (C=O) groups is 1. The van der Waals surface area contributed by atoms with E-state index in [0.29, 0.717) is 11.6 Å². The molecule has 1 aliphatic carbocycles. The predicted molar refractivity (Wildman–Crippen MR) is 58.1 cm³/mol. The van der Waals surface area contributed by atoms with Crippen molar-refractivity contribution in [3.05, 3.63) is 23.0 Å². The third-order valence-corrected chi connectivity index (χ3v) is 3.15. The third kappa shape index (κ3) is 1.78. The Hall–Kier alpha value is -1.25. The molecular weight excluding hydrogens is 190 g/mol. The molecule has 0 saturated carbocycles. The van der Waals surface area contributed by atoms with Gasteiger partial charge in [0.1, 0.15) is 5.69 Å². The molecule has 1 heterocycles. The first-order valence-electron chi connectivity index (χ1n) is 5.56. The Morgan fingerprint density at radius 2 is 2.47 bits per heavy atom. The fourth-order valence-electron chi connectivity index (χ4n) is 2.42. The number of rotatable bonds is 3. The number of hydrogen-bond donors (Lipinski definition) is 1. The van der Waals surface area contributed by atoms with Crippen LogP contribution in [-0.2, 0) is 11.2 Å². The van der Waals surface area contributed by atoms with Gasteiger partial charge in [0, 0.05) is 5.69 Å². The summed E-state index contributed by atoms with van der Waals surface area (Å²) in [6.07, 6.45) is 4.70.